The molecule has 0 aromatic heterocycles. The molecule has 0 aromatic rings. The number of aldehydes is 1. The molecule has 3 nitrogen and oxygen atoms in total. The molecule has 0 aromatic carbocycles. The molecule has 3 heteroatoms. The second kappa shape index (κ2) is 10.1. The number of carbonyl (C=O) groups is 2. The molecule has 0 saturated heterocycles. The molecule has 0 spiro atoms. The Morgan fingerprint density at radius 2 is 1.50 bits per heavy atom. The van der Waals surface area contributed by atoms with E-state index in [0.29, 0.717) is 12.9 Å². The van der Waals surface area contributed by atoms with Gasteiger partial charge in [0.15, 0.2) is 0 Å². The number of esters is 1. The van der Waals surface area contributed by atoms with Crippen LogP contribution >= 0.6 is 0 Å². The Bertz CT molecular complexity index is 234. The zero-order chi connectivity index (χ0) is 13.9. The van der Waals surface area contributed by atoms with Crippen molar-refractivity contribution in [2.75, 3.05) is 6.61 Å². The minimum absolute atomic E-state index is 0.416. The Kier molecular flexibility index (Phi) is 9.62. The van der Waals surface area contributed by atoms with Crippen molar-refractivity contribution in [1.82, 2.24) is 0 Å². The second-order valence-electron chi connectivity index (χ2n) is 5.45. The maximum Gasteiger partial charge on any atom is 0.318 e. The molecule has 106 valence electrons. The Morgan fingerprint density at radius 1 is 1.00 bits per heavy atom. The van der Waals surface area contributed by atoms with Crippen LogP contribution in [-0.4, -0.2) is 18.9 Å². The molecule has 0 aliphatic heterocycles. The van der Waals surface area contributed by atoms with Crippen LogP contribution < -0.4 is 0 Å². The summed E-state index contributed by atoms with van der Waals surface area (Å²) in [4.78, 5) is 22.1. The fourth-order valence-electron chi connectivity index (χ4n) is 1.63. The van der Waals surface area contributed by atoms with Crippen molar-refractivity contribution in [3.05, 3.63) is 0 Å². The predicted molar refractivity (Wildman–Crippen MR) is 73.4 cm³/mol. The van der Waals surface area contributed by atoms with Crippen molar-refractivity contribution in [3.63, 3.8) is 0 Å². The van der Waals surface area contributed by atoms with Gasteiger partial charge in [-0.1, -0.05) is 51.9 Å². The highest BCUT2D eigenvalue weighted by atomic mass is 16.5. The molecule has 0 radical (unpaired) electrons. The summed E-state index contributed by atoms with van der Waals surface area (Å²) >= 11 is 0. The van der Waals surface area contributed by atoms with Gasteiger partial charge in [-0.3, -0.25) is 4.79 Å². The van der Waals surface area contributed by atoms with E-state index in [0.717, 1.165) is 12.8 Å². The molecule has 0 rings (SSSR count). The molecule has 0 unspecified atom stereocenters. The minimum atomic E-state index is -1.000. The first-order valence-corrected chi connectivity index (χ1v) is 7.18. The average molecular weight is 256 g/mol. The first kappa shape index (κ1) is 17.1. The minimum Gasteiger partial charge on any atom is -0.465 e. The van der Waals surface area contributed by atoms with Gasteiger partial charge < -0.3 is 9.53 Å². The Morgan fingerprint density at radius 3 is 2.00 bits per heavy atom. The number of hydrogen-bond acceptors (Lipinski definition) is 3. The van der Waals surface area contributed by atoms with Crippen LogP contribution in [0.4, 0.5) is 0 Å². The smallest absolute Gasteiger partial charge is 0.318 e. The molecule has 0 fully saturated rings. The first-order chi connectivity index (χ1) is 8.54. The number of carbonyl (C=O) groups excluding carboxylic acids is 2. The van der Waals surface area contributed by atoms with Crippen LogP contribution in [0.5, 0.6) is 0 Å². The molecule has 18 heavy (non-hydrogen) atoms. The lowest BCUT2D eigenvalue weighted by atomic mass is 9.96. The SMILES string of the molecule is CCCCCCCCCCOC(=O)C(C)(C)C=O. The monoisotopic (exact) mass is 256 g/mol. The van der Waals surface area contributed by atoms with E-state index in [1.54, 1.807) is 13.8 Å². The number of unbranched alkanes of at least 4 members (excludes halogenated alkanes) is 7. The standard InChI is InChI=1S/C15H28O3/c1-4-5-6-7-8-9-10-11-12-18-14(17)15(2,3)13-16/h13H,4-12H2,1-3H3. The van der Waals surface area contributed by atoms with Crippen molar-refractivity contribution in [1.29, 1.82) is 0 Å². The third-order valence-electron chi connectivity index (χ3n) is 3.05. The fourth-order valence-corrected chi connectivity index (χ4v) is 1.63. The van der Waals surface area contributed by atoms with E-state index in [9.17, 15) is 9.59 Å². The van der Waals surface area contributed by atoms with E-state index in [1.165, 1.54) is 38.5 Å². The van der Waals surface area contributed by atoms with Crippen LogP contribution in [0.2, 0.25) is 0 Å². The summed E-state index contributed by atoms with van der Waals surface area (Å²) in [7, 11) is 0. The van der Waals surface area contributed by atoms with Gasteiger partial charge in [-0.15, -0.1) is 0 Å². The van der Waals surface area contributed by atoms with Crippen LogP contribution in [0.3, 0.4) is 0 Å². The van der Waals surface area contributed by atoms with Gasteiger partial charge in [0.05, 0.1) is 6.61 Å². The molecule has 0 heterocycles. The first-order valence-electron chi connectivity index (χ1n) is 7.18. The van der Waals surface area contributed by atoms with Gasteiger partial charge in [0, 0.05) is 0 Å². The Hall–Kier alpha value is -0.860. The topological polar surface area (TPSA) is 43.4 Å². The molecule has 0 aliphatic rings. The molecule has 0 amide bonds. The Labute approximate surface area is 111 Å². The van der Waals surface area contributed by atoms with Crippen LogP contribution in [-0.2, 0) is 14.3 Å². The largest absolute Gasteiger partial charge is 0.465 e. The Balaban J connectivity index is 3.36. The number of hydrogen-bond donors (Lipinski definition) is 0. The normalized spacial score (nSPS) is 11.3. The molecule has 0 aliphatic carbocycles. The predicted octanol–water partition coefficient (Wildman–Crippen LogP) is 3.90. The summed E-state index contributed by atoms with van der Waals surface area (Å²) < 4.78 is 5.07. The number of ether oxygens (including phenoxy) is 1. The van der Waals surface area contributed by atoms with Crippen LogP contribution in [0.25, 0.3) is 0 Å². The van der Waals surface area contributed by atoms with Gasteiger partial charge in [0.1, 0.15) is 11.7 Å². The molecular formula is C15H28O3. The highest BCUT2D eigenvalue weighted by Gasteiger charge is 2.28. The van der Waals surface area contributed by atoms with Crippen LogP contribution in [0, 0.1) is 5.41 Å². The lowest BCUT2D eigenvalue weighted by Gasteiger charge is -2.15. The third kappa shape index (κ3) is 8.26. The summed E-state index contributed by atoms with van der Waals surface area (Å²) in [5.41, 5.74) is -1.000. The van der Waals surface area contributed by atoms with E-state index >= 15 is 0 Å². The summed E-state index contributed by atoms with van der Waals surface area (Å²) in [5, 5.41) is 0. The highest BCUT2D eigenvalue weighted by molar-refractivity contribution is 5.91. The van der Waals surface area contributed by atoms with Crippen molar-refractivity contribution in [2.24, 2.45) is 5.41 Å². The number of rotatable bonds is 11. The summed E-state index contributed by atoms with van der Waals surface area (Å²) in [5.74, 6) is -0.416. The van der Waals surface area contributed by atoms with Crippen LogP contribution in [0.15, 0.2) is 0 Å². The van der Waals surface area contributed by atoms with Crippen molar-refractivity contribution >= 4 is 12.3 Å². The maximum absolute atomic E-state index is 11.4. The van der Waals surface area contributed by atoms with Gasteiger partial charge in [-0.05, 0) is 20.3 Å². The summed E-state index contributed by atoms with van der Waals surface area (Å²) in [6.45, 7) is 5.81. The van der Waals surface area contributed by atoms with Gasteiger partial charge in [0.25, 0.3) is 0 Å². The summed E-state index contributed by atoms with van der Waals surface area (Å²) in [6.07, 6.45) is 10.4. The van der Waals surface area contributed by atoms with E-state index in [1.807, 2.05) is 0 Å². The van der Waals surface area contributed by atoms with Crippen molar-refractivity contribution in [2.45, 2.75) is 72.1 Å². The average Bonchev–Trinajstić information content (AvgIpc) is 2.36. The highest BCUT2D eigenvalue weighted by Crippen LogP contribution is 2.14. The van der Waals surface area contributed by atoms with Gasteiger partial charge in [-0.2, -0.15) is 0 Å². The quantitative estimate of drug-likeness (QED) is 0.244. The van der Waals surface area contributed by atoms with Gasteiger partial charge in [-0.25, -0.2) is 0 Å². The molecule has 0 N–H and O–H groups in total. The van der Waals surface area contributed by atoms with Crippen molar-refractivity contribution in [3.8, 4) is 0 Å². The van der Waals surface area contributed by atoms with E-state index < -0.39 is 11.4 Å². The second-order valence-corrected chi connectivity index (χ2v) is 5.45. The van der Waals surface area contributed by atoms with Crippen molar-refractivity contribution < 1.29 is 14.3 Å². The zero-order valence-corrected chi connectivity index (χ0v) is 12.2. The molecular weight excluding hydrogens is 228 g/mol. The van der Waals surface area contributed by atoms with Crippen LogP contribution in [0.1, 0.15) is 72.1 Å². The van der Waals surface area contributed by atoms with Gasteiger partial charge >= 0.3 is 5.97 Å². The molecule has 0 bridgehead atoms. The molecule has 0 atom stereocenters. The molecule has 0 saturated carbocycles. The zero-order valence-electron chi connectivity index (χ0n) is 12.2. The lowest BCUT2D eigenvalue weighted by molar-refractivity contribution is -0.155. The maximum atomic E-state index is 11.4. The lowest BCUT2D eigenvalue weighted by Crippen LogP contribution is -2.28. The summed E-state index contributed by atoms with van der Waals surface area (Å²) in [6, 6.07) is 0. The van der Waals surface area contributed by atoms with E-state index in [2.05, 4.69) is 6.92 Å². The van der Waals surface area contributed by atoms with E-state index in [-0.39, 0.29) is 0 Å². The van der Waals surface area contributed by atoms with Gasteiger partial charge in [0.2, 0.25) is 0 Å². The fraction of sp³-hybridized carbons (Fsp3) is 0.867. The third-order valence-corrected chi connectivity index (χ3v) is 3.05. The van der Waals surface area contributed by atoms with E-state index in [4.69, 9.17) is 4.74 Å².